The Morgan fingerprint density at radius 3 is 1.74 bits per heavy atom. The van der Waals surface area contributed by atoms with E-state index in [4.69, 9.17) is 9.47 Å². The summed E-state index contributed by atoms with van der Waals surface area (Å²) < 4.78 is 13.7. The molecule has 0 aromatic heterocycles. The number of benzene rings is 2. The largest absolute Gasteiger partial charge is 0.377 e. The molecule has 2 nitrogen and oxygen atoms in total. The molecule has 27 heavy (non-hydrogen) atoms. The van der Waals surface area contributed by atoms with Crippen molar-refractivity contribution in [1.29, 1.82) is 0 Å². The summed E-state index contributed by atoms with van der Waals surface area (Å²) in [7, 11) is -2.04. The lowest BCUT2D eigenvalue weighted by atomic mass is 9.96. The van der Waals surface area contributed by atoms with Gasteiger partial charge in [0.05, 0.1) is 20.0 Å². The fraction of sp³-hybridized carbons (Fsp3) is 0.478. The molecule has 0 aliphatic carbocycles. The fourth-order valence-electron chi connectivity index (χ4n) is 5.45. The van der Waals surface area contributed by atoms with Gasteiger partial charge < -0.3 is 9.47 Å². The van der Waals surface area contributed by atoms with Crippen LogP contribution in [0.1, 0.15) is 38.5 Å². The summed E-state index contributed by atoms with van der Waals surface area (Å²) in [6.07, 6.45) is 7.30. The Bertz CT molecular complexity index is 668. The molecule has 2 aromatic carbocycles. The minimum Gasteiger partial charge on any atom is -0.377 e. The van der Waals surface area contributed by atoms with Crippen LogP contribution in [0.5, 0.6) is 0 Å². The van der Waals surface area contributed by atoms with E-state index in [1.54, 1.807) is 0 Å². The molecule has 0 bridgehead atoms. The highest BCUT2D eigenvalue weighted by atomic mass is 28.3. The monoisotopic (exact) mass is 396 g/mol. The Balaban J connectivity index is 1.89. The van der Waals surface area contributed by atoms with E-state index in [9.17, 15) is 0 Å². The third kappa shape index (κ3) is 3.49. The Morgan fingerprint density at radius 1 is 0.741 bits per heavy atom. The molecule has 2 saturated heterocycles. The topological polar surface area (TPSA) is 18.5 Å². The maximum Gasteiger partial charge on any atom is 0.141 e. The van der Waals surface area contributed by atoms with E-state index >= 15 is 0 Å². The molecule has 0 amide bonds. The van der Waals surface area contributed by atoms with Crippen molar-refractivity contribution in [2.75, 3.05) is 13.2 Å². The lowest BCUT2D eigenvalue weighted by Gasteiger charge is -2.56. The first-order valence-electron chi connectivity index (χ1n) is 10.7. The van der Waals surface area contributed by atoms with E-state index in [-0.39, 0.29) is 10.4 Å². The Labute approximate surface area is 167 Å². The highest BCUT2D eigenvalue weighted by Gasteiger charge is 2.58. The SMILES string of the molecule is C[SiH2]C1(C2([SiH](c3ccccc3)c3ccccc3)CCCCO2)CCCCO1. The van der Waals surface area contributed by atoms with Gasteiger partial charge in [0, 0.05) is 13.2 Å². The van der Waals surface area contributed by atoms with Crippen molar-refractivity contribution >= 4 is 28.7 Å². The fourth-order valence-corrected chi connectivity index (χ4v) is 12.7. The van der Waals surface area contributed by atoms with E-state index < -0.39 is 18.3 Å². The molecule has 2 heterocycles. The highest BCUT2D eigenvalue weighted by molar-refractivity contribution is 6.88. The zero-order valence-corrected chi connectivity index (χ0v) is 19.1. The van der Waals surface area contributed by atoms with Crippen molar-refractivity contribution in [3.05, 3.63) is 60.7 Å². The smallest absolute Gasteiger partial charge is 0.141 e. The molecule has 2 aliphatic rings. The second-order valence-electron chi connectivity index (χ2n) is 8.10. The van der Waals surface area contributed by atoms with Gasteiger partial charge in [-0.25, -0.2) is 0 Å². The molecule has 0 N–H and O–H groups in total. The summed E-state index contributed by atoms with van der Waals surface area (Å²) in [5.74, 6) is 0. The quantitative estimate of drug-likeness (QED) is 0.724. The molecule has 4 heteroatoms. The zero-order chi connectivity index (χ0) is 18.6. The molecule has 144 valence electrons. The van der Waals surface area contributed by atoms with Crippen LogP contribution in [-0.2, 0) is 9.47 Å². The maximum absolute atomic E-state index is 6.94. The van der Waals surface area contributed by atoms with Gasteiger partial charge in [-0.3, -0.25) is 0 Å². The van der Waals surface area contributed by atoms with Gasteiger partial charge in [-0.05, 0) is 38.5 Å². The lowest BCUT2D eigenvalue weighted by Crippen LogP contribution is -2.75. The van der Waals surface area contributed by atoms with Crippen LogP contribution >= 0.6 is 0 Å². The van der Waals surface area contributed by atoms with Crippen molar-refractivity contribution < 1.29 is 9.47 Å². The van der Waals surface area contributed by atoms with Crippen LogP contribution in [0.15, 0.2) is 60.7 Å². The van der Waals surface area contributed by atoms with Crippen LogP contribution in [-0.4, -0.2) is 42.0 Å². The minimum absolute atomic E-state index is 0.00571. The van der Waals surface area contributed by atoms with E-state index in [1.165, 1.54) is 42.5 Å². The number of hydrogen-bond acceptors (Lipinski definition) is 2. The van der Waals surface area contributed by atoms with Gasteiger partial charge in [0.1, 0.15) is 8.80 Å². The second kappa shape index (κ2) is 8.43. The van der Waals surface area contributed by atoms with Crippen molar-refractivity contribution in [2.24, 2.45) is 0 Å². The minimum atomic E-state index is -1.64. The number of rotatable bonds is 5. The molecule has 0 radical (unpaired) electrons. The van der Waals surface area contributed by atoms with Crippen molar-refractivity contribution in [2.45, 2.75) is 55.5 Å². The second-order valence-corrected chi connectivity index (χ2v) is 13.1. The first-order chi connectivity index (χ1) is 13.3. The molecule has 0 saturated carbocycles. The molecular formula is C23H32O2Si2. The van der Waals surface area contributed by atoms with E-state index in [0.29, 0.717) is 0 Å². The average Bonchev–Trinajstić information content (AvgIpc) is 2.76. The van der Waals surface area contributed by atoms with Gasteiger partial charge in [-0.2, -0.15) is 0 Å². The summed E-state index contributed by atoms with van der Waals surface area (Å²) in [6.45, 7) is 4.26. The molecular weight excluding hydrogens is 364 g/mol. The van der Waals surface area contributed by atoms with Crippen LogP contribution in [0.4, 0.5) is 0 Å². The summed E-state index contributed by atoms with van der Waals surface area (Å²) in [4.78, 5) is 0. The van der Waals surface area contributed by atoms with Gasteiger partial charge in [0.15, 0.2) is 0 Å². The predicted molar refractivity (Wildman–Crippen MR) is 119 cm³/mol. The Kier molecular flexibility index (Phi) is 5.97. The first-order valence-corrected chi connectivity index (χ1v) is 14.5. The molecule has 0 spiro atoms. The zero-order valence-electron chi connectivity index (χ0n) is 16.5. The van der Waals surface area contributed by atoms with Crippen molar-refractivity contribution in [1.82, 2.24) is 0 Å². The summed E-state index contributed by atoms with van der Waals surface area (Å²) in [6, 6.07) is 22.5. The van der Waals surface area contributed by atoms with Gasteiger partial charge in [0.2, 0.25) is 0 Å². The summed E-state index contributed by atoms with van der Waals surface area (Å²) in [5, 5.41) is 2.90. The van der Waals surface area contributed by atoms with Crippen LogP contribution in [0, 0.1) is 0 Å². The number of ether oxygens (including phenoxy) is 2. The average molecular weight is 397 g/mol. The molecule has 2 fully saturated rings. The van der Waals surface area contributed by atoms with Gasteiger partial charge >= 0.3 is 0 Å². The lowest BCUT2D eigenvalue weighted by molar-refractivity contribution is -0.161. The van der Waals surface area contributed by atoms with E-state index in [1.807, 2.05) is 0 Å². The molecule has 2 atom stereocenters. The molecule has 2 aliphatic heterocycles. The van der Waals surface area contributed by atoms with Crippen LogP contribution < -0.4 is 10.4 Å². The predicted octanol–water partition coefficient (Wildman–Crippen LogP) is 2.62. The standard InChI is InChI=1S/C23H32O2Si2/c1-26-22(16-8-10-18-24-22)23(17-9-11-19-25-23)27(20-12-4-2-5-13-20)21-14-6-3-7-15-21/h2-7,12-15,27H,8-11,16-19,26H2,1H3. The summed E-state index contributed by atoms with van der Waals surface area (Å²) in [5.41, 5.74) is 0. The Hall–Kier alpha value is -1.21. The first kappa shape index (κ1) is 19.1. The molecule has 2 aromatic rings. The van der Waals surface area contributed by atoms with Gasteiger partial charge in [-0.1, -0.05) is 77.6 Å². The maximum atomic E-state index is 6.94. The van der Waals surface area contributed by atoms with E-state index in [2.05, 4.69) is 67.2 Å². The molecule has 2 unspecified atom stereocenters. The van der Waals surface area contributed by atoms with Crippen LogP contribution in [0.25, 0.3) is 0 Å². The van der Waals surface area contributed by atoms with Gasteiger partial charge in [-0.15, -0.1) is 0 Å². The summed E-state index contributed by atoms with van der Waals surface area (Å²) >= 11 is 0. The normalized spacial score (nSPS) is 29.4. The third-order valence-corrected chi connectivity index (χ3v) is 13.5. The van der Waals surface area contributed by atoms with Gasteiger partial charge in [0.25, 0.3) is 0 Å². The van der Waals surface area contributed by atoms with Crippen LogP contribution in [0.3, 0.4) is 0 Å². The highest BCUT2D eigenvalue weighted by Crippen LogP contribution is 2.44. The van der Waals surface area contributed by atoms with Crippen molar-refractivity contribution in [3.63, 3.8) is 0 Å². The molecule has 4 rings (SSSR count). The Morgan fingerprint density at radius 2 is 1.30 bits per heavy atom. The number of hydrogen-bond donors (Lipinski definition) is 0. The van der Waals surface area contributed by atoms with E-state index in [0.717, 1.165) is 19.6 Å². The van der Waals surface area contributed by atoms with Crippen LogP contribution in [0.2, 0.25) is 6.55 Å². The van der Waals surface area contributed by atoms with Crippen molar-refractivity contribution in [3.8, 4) is 0 Å². The third-order valence-electron chi connectivity index (χ3n) is 6.73.